The van der Waals surface area contributed by atoms with Gasteiger partial charge in [-0.25, -0.2) is 0 Å². The van der Waals surface area contributed by atoms with Crippen molar-refractivity contribution >= 4 is 5.91 Å². The van der Waals surface area contributed by atoms with E-state index < -0.39 is 5.60 Å². The van der Waals surface area contributed by atoms with Crippen LogP contribution in [0.3, 0.4) is 0 Å². The molecule has 24 heavy (non-hydrogen) atoms. The number of carbonyl (C=O) groups excluding carboxylic acids is 1. The number of amides is 1. The molecule has 4 unspecified atom stereocenters. The molecule has 136 valence electrons. The van der Waals surface area contributed by atoms with Gasteiger partial charge in [0.15, 0.2) is 0 Å². The predicted octanol–water partition coefficient (Wildman–Crippen LogP) is 3.85. The third-order valence-corrected chi connectivity index (χ3v) is 8.89. The molecule has 4 aliphatic rings. The quantitative estimate of drug-likeness (QED) is 0.731. The molecule has 1 heterocycles. The molecule has 0 spiro atoms. The van der Waals surface area contributed by atoms with E-state index >= 15 is 0 Å². The van der Waals surface area contributed by atoms with Crippen molar-refractivity contribution in [1.82, 2.24) is 4.90 Å². The summed E-state index contributed by atoms with van der Waals surface area (Å²) in [5.74, 6) is 3.09. The molecule has 8 atom stereocenters. The monoisotopic (exact) mass is 333 g/mol. The fraction of sp³-hybridized carbons (Fsp3) is 0.952. The van der Waals surface area contributed by atoms with Crippen LogP contribution in [0.4, 0.5) is 0 Å². The summed E-state index contributed by atoms with van der Waals surface area (Å²) >= 11 is 0. The van der Waals surface area contributed by atoms with Gasteiger partial charge in [-0.2, -0.15) is 0 Å². The fourth-order valence-electron chi connectivity index (χ4n) is 7.89. The van der Waals surface area contributed by atoms with Crippen molar-refractivity contribution in [1.29, 1.82) is 0 Å². The number of hydrogen-bond donors (Lipinski definition) is 1. The average molecular weight is 334 g/mol. The summed E-state index contributed by atoms with van der Waals surface area (Å²) < 4.78 is 0. The van der Waals surface area contributed by atoms with Crippen molar-refractivity contribution < 1.29 is 9.90 Å². The Morgan fingerprint density at radius 1 is 1.17 bits per heavy atom. The predicted molar refractivity (Wildman–Crippen MR) is 95.3 cm³/mol. The SMILES string of the molecule is C[C@H]1CC2N(C)C(=O)CC[C@]2(C)C2CC[C@]3(C)C[C@@](C)(O)CC3C21. The van der Waals surface area contributed by atoms with Crippen LogP contribution >= 0.6 is 0 Å². The first-order valence-corrected chi connectivity index (χ1v) is 10.1. The van der Waals surface area contributed by atoms with Crippen molar-refractivity contribution in [3.8, 4) is 0 Å². The normalized spacial score (nSPS) is 57.3. The lowest BCUT2D eigenvalue weighted by molar-refractivity contribution is -0.164. The second-order valence-corrected chi connectivity index (χ2v) is 10.6. The molecular weight excluding hydrogens is 298 g/mol. The number of aliphatic hydroxyl groups is 1. The van der Waals surface area contributed by atoms with E-state index in [4.69, 9.17) is 0 Å². The van der Waals surface area contributed by atoms with Gasteiger partial charge in [0.25, 0.3) is 0 Å². The highest BCUT2D eigenvalue weighted by Crippen LogP contribution is 2.67. The van der Waals surface area contributed by atoms with Gasteiger partial charge in [-0.05, 0) is 80.0 Å². The third-order valence-electron chi connectivity index (χ3n) is 8.89. The molecule has 0 aromatic carbocycles. The molecule has 3 saturated carbocycles. The zero-order valence-corrected chi connectivity index (χ0v) is 16.1. The summed E-state index contributed by atoms with van der Waals surface area (Å²) in [7, 11) is 2.03. The van der Waals surface area contributed by atoms with Gasteiger partial charge in [-0.3, -0.25) is 4.79 Å². The third kappa shape index (κ3) is 2.15. The number of rotatable bonds is 0. The standard InChI is InChI=1S/C21H35NO2/c1-13-10-16-21(4,9-7-17(23)22(16)5)14-6-8-19(2)12-20(3,24)11-15(19)18(13)14/h13-16,18,24H,6-12H2,1-5H3/t13-,14?,15?,16?,18?,19+,20-,21+/m0/s1. The number of carbonyl (C=O) groups is 1. The fourth-order valence-corrected chi connectivity index (χ4v) is 7.89. The van der Waals surface area contributed by atoms with Crippen LogP contribution in [0.25, 0.3) is 0 Å². The molecule has 4 rings (SSSR count). The highest BCUT2D eigenvalue weighted by Gasteiger charge is 2.63. The molecule has 3 aliphatic carbocycles. The molecule has 1 amide bonds. The van der Waals surface area contributed by atoms with Crippen LogP contribution in [0.5, 0.6) is 0 Å². The van der Waals surface area contributed by atoms with E-state index in [-0.39, 0.29) is 5.41 Å². The summed E-state index contributed by atoms with van der Waals surface area (Å²) in [6.07, 6.45) is 7.42. The Labute approximate surface area is 147 Å². The summed E-state index contributed by atoms with van der Waals surface area (Å²) in [6, 6.07) is 0.418. The number of piperidine rings is 1. The van der Waals surface area contributed by atoms with Crippen LogP contribution in [-0.2, 0) is 4.79 Å². The minimum Gasteiger partial charge on any atom is -0.390 e. The summed E-state index contributed by atoms with van der Waals surface area (Å²) in [5, 5.41) is 10.8. The van der Waals surface area contributed by atoms with E-state index in [1.54, 1.807) is 0 Å². The lowest BCUT2D eigenvalue weighted by atomic mass is 9.45. The number of fused-ring (bicyclic) bond motifs is 5. The van der Waals surface area contributed by atoms with Crippen molar-refractivity contribution in [2.24, 2.45) is 34.5 Å². The molecule has 3 nitrogen and oxygen atoms in total. The molecule has 3 heteroatoms. The Morgan fingerprint density at radius 3 is 2.58 bits per heavy atom. The first kappa shape index (κ1) is 16.9. The van der Waals surface area contributed by atoms with Gasteiger partial charge in [-0.15, -0.1) is 0 Å². The summed E-state index contributed by atoms with van der Waals surface area (Å²) in [5.41, 5.74) is 0.110. The van der Waals surface area contributed by atoms with Gasteiger partial charge < -0.3 is 10.0 Å². The Hall–Kier alpha value is -0.570. The van der Waals surface area contributed by atoms with Gasteiger partial charge >= 0.3 is 0 Å². The number of likely N-dealkylation sites (tertiary alicyclic amines) is 1. The maximum Gasteiger partial charge on any atom is 0.222 e. The van der Waals surface area contributed by atoms with Crippen LogP contribution < -0.4 is 0 Å². The lowest BCUT2D eigenvalue weighted by Gasteiger charge is -2.63. The summed E-state index contributed by atoms with van der Waals surface area (Å²) in [4.78, 5) is 14.3. The van der Waals surface area contributed by atoms with Gasteiger partial charge in [-0.1, -0.05) is 20.8 Å². The minimum atomic E-state index is -0.481. The maximum absolute atomic E-state index is 12.3. The molecule has 0 radical (unpaired) electrons. The van der Waals surface area contributed by atoms with E-state index in [0.717, 1.165) is 38.0 Å². The maximum atomic E-state index is 12.3. The molecule has 0 bridgehead atoms. The zero-order valence-electron chi connectivity index (χ0n) is 16.1. The van der Waals surface area contributed by atoms with Crippen molar-refractivity contribution in [3.05, 3.63) is 0 Å². The first-order valence-electron chi connectivity index (χ1n) is 10.1. The molecule has 1 N–H and O–H groups in total. The van der Waals surface area contributed by atoms with Crippen molar-refractivity contribution in [3.63, 3.8) is 0 Å². The lowest BCUT2D eigenvalue weighted by Crippen LogP contribution is -2.62. The zero-order chi connectivity index (χ0) is 17.5. The molecule has 0 aromatic heterocycles. The summed E-state index contributed by atoms with van der Waals surface area (Å²) in [6.45, 7) is 9.38. The van der Waals surface area contributed by atoms with Crippen LogP contribution in [-0.4, -0.2) is 34.6 Å². The van der Waals surface area contributed by atoms with Gasteiger partial charge in [0.05, 0.1) is 5.60 Å². The van der Waals surface area contributed by atoms with Gasteiger partial charge in [0.2, 0.25) is 5.91 Å². The Kier molecular flexibility index (Phi) is 3.51. The van der Waals surface area contributed by atoms with Gasteiger partial charge in [0.1, 0.15) is 0 Å². The van der Waals surface area contributed by atoms with E-state index in [1.807, 2.05) is 7.05 Å². The molecular formula is C21H35NO2. The van der Waals surface area contributed by atoms with Crippen LogP contribution in [0.1, 0.15) is 72.6 Å². The molecule has 0 aromatic rings. The highest BCUT2D eigenvalue weighted by molar-refractivity contribution is 5.77. The van der Waals surface area contributed by atoms with Crippen LogP contribution in [0.15, 0.2) is 0 Å². The average Bonchev–Trinajstić information content (AvgIpc) is 2.74. The number of nitrogens with zero attached hydrogens (tertiary/aromatic N) is 1. The Morgan fingerprint density at radius 2 is 1.88 bits per heavy atom. The highest BCUT2D eigenvalue weighted by atomic mass is 16.3. The smallest absolute Gasteiger partial charge is 0.222 e. The molecule has 1 saturated heterocycles. The van der Waals surface area contributed by atoms with E-state index in [9.17, 15) is 9.90 Å². The van der Waals surface area contributed by atoms with Crippen LogP contribution in [0.2, 0.25) is 0 Å². The Bertz CT molecular complexity index is 558. The number of hydrogen-bond acceptors (Lipinski definition) is 2. The van der Waals surface area contributed by atoms with E-state index in [0.29, 0.717) is 35.1 Å². The minimum absolute atomic E-state index is 0.273. The molecule has 1 aliphatic heterocycles. The van der Waals surface area contributed by atoms with Crippen molar-refractivity contribution in [2.75, 3.05) is 7.05 Å². The Balaban J connectivity index is 1.70. The van der Waals surface area contributed by atoms with Crippen LogP contribution in [0, 0.1) is 34.5 Å². The molecule has 4 fully saturated rings. The largest absolute Gasteiger partial charge is 0.390 e. The topological polar surface area (TPSA) is 40.5 Å². The second-order valence-electron chi connectivity index (χ2n) is 10.6. The second kappa shape index (κ2) is 4.99. The van der Waals surface area contributed by atoms with E-state index in [1.165, 1.54) is 12.8 Å². The van der Waals surface area contributed by atoms with Gasteiger partial charge in [0, 0.05) is 19.5 Å². The first-order chi connectivity index (χ1) is 11.1. The van der Waals surface area contributed by atoms with Crippen molar-refractivity contribution in [2.45, 2.75) is 84.3 Å². The van der Waals surface area contributed by atoms with E-state index in [2.05, 4.69) is 32.6 Å².